The Morgan fingerprint density at radius 1 is 1.53 bits per heavy atom. The van der Waals surface area contributed by atoms with Gasteiger partial charge in [0.15, 0.2) is 0 Å². The highest BCUT2D eigenvalue weighted by atomic mass is 16.3. The van der Waals surface area contributed by atoms with Gasteiger partial charge in [-0.05, 0) is 11.8 Å². The van der Waals surface area contributed by atoms with Crippen LogP contribution in [0.2, 0.25) is 0 Å². The van der Waals surface area contributed by atoms with Gasteiger partial charge in [-0.2, -0.15) is 0 Å². The van der Waals surface area contributed by atoms with Gasteiger partial charge in [0, 0.05) is 19.6 Å². The molecule has 0 radical (unpaired) electrons. The first kappa shape index (κ1) is 16.1. The Labute approximate surface area is 104 Å². The average Bonchev–Trinajstić information content (AvgIpc) is 2.23. The molecule has 1 amide bonds. The predicted octanol–water partition coefficient (Wildman–Crippen LogP) is 1.00. The first-order valence-corrected chi connectivity index (χ1v) is 6.06. The number of hydrogen-bond donors (Lipinski definition) is 2. The summed E-state index contributed by atoms with van der Waals surface area (Å²) >= 11 is 0. The standard InChI is InChI=1S/C13H26N2O2/c1-5-6-15(7-8-16)12(17)11(10-14)9-13(2,3)4/h5,11,16H,1,6-10,14H2,2-4H3. The number of carbonyl (C=O) groups is 1. The van der Waals surface area contributed by atoms with Crippen LogP contribution in [0.5, 0.6) is 0 Å². The molecule has 0 bridgehead atoms. The molecule has 0 aromatic carbocycles. The third kappa shape index (κ3) is 6.44. The zero-order valence-electron chi connectivity index (χ0n) is 11.3. The summed E-state index contributed by atoms with van der Waals surface area (Å²) in [5.41, 5.74) is 5.74. The monoisotopic (exact) mass is 242 g/mol. The molecule has 0 saturated heterocycles. The van der Waals surface area contributed by atoms with Gasteiger partial charge in [0.05, 0.1) is 12.5 Å². The van der Waals surface area contributed by atoms with Crippen LogP contribution in [-0.2, 0) is 4.79 Å². The lowest BCUT2D eigenvalue weighted by Gasteiger charge is -2.29. The van der Waals surface area contributed by atoms with Crippen molar-refractivity contribution in [3.8, 4) is 0 Å². The Bertz CT molecular complexity index is 246. The van der Waals surface area contributed by atoms with Gasteiger partial charge in [0.1, 0.15) is 0 Å². The molecular formula is C13H26N2O2. The minimum Gasteiger partial charge on any atom is -0.395 e. The SMILES string of the molecule is C=CCN(CCO)C(=O)C(CN)CC(C)(C)C. The van der Waals surface area contributed by atoms with E-state index >= 15 is 0 Å². The van der Waals surface area contributed by atoms with Gasteiger partial charge >= 0.3 is 0 Å². The molecule has 0 aliphatic rings. The Morgan fingerprint density at radius 3 is 2.47 bits per heavy atom. The van der Waals surface area contributed by atoms with Gasteiger partial charge in [0.2, 0.25) is 5.91 Å². The van der Waals surface area contributed by atoms with Gasteiger partial charge in [-0.25, -0.2) is 0 Å². The molecule has 0 aliphatic carbocycles. The van der Waals surface area contributed by atoms with Crippen molar-refractivity contribution in [3.63, 3.8) is 0 Å². The van der Waals surface area contributed by atoms with Crippen molar-refractivity contribution in [2.24, 2.45) is 17.1 Å². The summed E-state index contributed by atoms with van der Waals surface area (Å²) in [6.07, 6.45) is 2.42. The van der Waals surface area contributed by atoms with E-state index in [1.807, 2.05) is 0 Å². The molecule has 0 aromatic heterocycles. The molecule has 1 atom stereocenters. The number of carbonyl (C=O) groups excluding carboxylic acids is 1. The molecule has 3 N–H and O–H groups in total. The van der Waals surface area contributed by atoms with E-state index in [0.717, 1.165) is 6.42 Å². The maximum absolute atomic E-state index is 12.2. The van der Waals surface area contributed by atoms with Crippen LogP contribution in [0.3, 0.4) is 0 Å². The molecule has 0 saturated carbocycles. The van der Waals surface area contributed by atoms with Crippen LogP contribution in [0.4, 0.5) is 0 Å². The minimum absolute atomic E-state index is 0.0105. The molecule has 0 rings (SSSR count). The Morgan fingerprint density at radius 2 is 2.12 bits per heavy atom. The number of nitrogens with two attached hydrogens (primary N) is 1. The molecule has 0 heterocycles. The molecule has 0 fully saturated rings. The van der Waals surface area contributed by atoms with E-state index in [4.69, 9.17) is 10.8 Å². The summed E-state index contributed by atoms with van der Waals surface area (Å²) in [4.78, 5) is 13.8. The summed E-state index contributed by atoms with van der Waals surface area (Å²) in [5.74, 6) is -0.169. The minimum atomic E-state index is -0.179. The van der Waals surface area contributed by atoms with Crippen LogP contribution in [0.15, 0.2) is 12.7 Å². The van der Waals surface area contributed by atoms with Crippen LogP contribution in [-0.4, -0.2) is 42.2 Å². The second-order valence-corrected chi connectivity index (χ2v) is 5.49. The van der Waals surface area contributed by atoms with Crippen molar-refractivity contribution in [3.05, 3.63) is 12.7 Å². The lowest BCUT2D eigenvalue weighted by Crippen LogP contribution is -2.42. The number of rotatable bonds is 7. The van der Waals surface area contributed by atoms with Gasteiger partial charge < -0.3 is 15.7 Å². The van der Waals surface area contributed by atoms with E-state index < -0.39 is 0 Å². The molecule has 4 heteroatoms. The van der Waals surface area contributed by atoms with Crippen LogP contribution in [0.25, 0.3) is 0 Å². The number of aliphatic hydroxyl groups excluding tert-OH is 1. The van der Waals surface area contributed by atoms with E-state index in [1.54, 1.807) is 11.0 Å². The Kier molecular flexibility index (Phi) is 7.07. The molecule has 0 aliphatic heterocycles. The Hall–Kier alpha value is -0.870. The maximum atomic E-state index is 12.2. The van der Waals surface area contributed by atoms with E-state index in [1.165, 1.54) is 0 Å². The average molecular weight is 242 g/mol. The van der Waals surface area contributed by atoms with Gasteiger partial charge in [-0.3, -0.25) is 4.79 Å². The molecule has 4 nitrogen and oxygen atoms in total. The summed E-state index contributed by atoms with van der Waals surface area (Å²) in [6, 6.07) is 0. The van der Waals surface area contributed by atoms with E-state index in [-0.39, 0.29) is 23.8 Å². The fourth-order valence-electron chi connectivity index (χ4n) is 1.84. The normalized spacial score (nSPS) is 13.2. The molecular weight excluding hydrogens is 216 g/mol. The fraction of sp³-hybridized carbons (Fsp3) is 0.769. The van der Waals surface area contributed by atoms with Crippen LogP contribution >= 0.6 is 0 Å². The van der Waals surface area contributed by atoms with Gasteiger partial charge in [-0.15, -0.1) is 6.58 Å². The number of hydrogen-bond acceptors (Lipinski definition) is 3. The highest BCUT2D eigenvalue weighted by Gasteiger charge is 2.26. The lowest BCUT2D eigenvalue weighted by atomic mass is 9.84. The zero-order valence-corrected chi connectivity index (χ0v) is 11.3. The first-order chi connectivity index (χ1) is 7.85. The first-order valence-electron chi connectivity index (χ1n) is 6.06. The largest absolute Gasteiger partial charge is 0.395 e. The summed E-state index contributed by atoms with van der Waals surface area (Å²) in [5, 5.41) is 8.94. The third-order valence-electron chi connectivity index (χ3n) is 2.52. The number of aliphatic hydroxyl groups is 1. The van der Waals surface area contributed by atoms with Crippen molar-refractivity contribution < 1.29 is 9.90 Å². The topological polar surface area (TPSA) is 66.6 Å². The Balaban J connectivity index is 4.62. The smallest absolute Gasteiger partial charge is 0.227 e. The molecule has 17 heavy (non-hydrogen) atoms. The fourth-order valence-corrected chi connectivity index (χ4v) is 1.84. The van der Waals surface area contributed by atoms with Crippen molar-refractivity contribution in [1.82, 2.24) is 4.90 Å². The highest BCUT2D eigenvalue weighted by molar-refractivity contribution is 5.79. The lowest BCUT2D eigenvalue weighted by molar-refractivity contribution is -0.136. The van der Waals surface area contributed by atoms with Crippen molar-refractivity contribution in [2.75, 3.05) is 26.2 Å². The van der Waals surface area contributed by atoms with Crippen LogP contribution in [0.1, 0.15) is 27.2 Å². The van der Waals surface area contributed by atoms with Gasteiger partial charge in [-0.1, -0.05) is 26.8 Å². The van der Waals surface area contributed by atoms with Crippen molar-refractivity contribution in [2.45, 2.75) is 27.2 Å². The van der Waals surface area contributed by atoms with Crippen molar-refractivity contribution in [1.29, 1.82) is 0 Å². The molecule has 100 valence electrons. The number of nitrogens with zero attached hydrogens (tertiary/aromatic N) is 1. The van der Waals surface area contributed by atoms with E-state index in [9.17, 15) is 4.79 Å². The maximum Gasteiger partial charge on any atom is 0.227 e. The summed E-state index contributed by atoms with van der Waals surface area (Å²) in [7, 11) is 0. The van der Waals surface area contributed by atoms with Crippen LogP contribution < -0.4 is 5.73 Å². The van der Waals surface area contributed by atoms with E-state index in [0.29, 0.717) is 19.6 Å². The second-order valence-electron chi connectivity index (χ2n) is 5.49. The molecule has 0 aromatic rings. The summed E-state index contributed by atoms with van der Waals surface area (Å²) < 4.78 is 0. The number of amides is 1. The zero-order chi connectivity index (χ0) is 13.5. The second kappa shape index (κ2) is 7.45. The van der Waals surface area contributed by atoms with Crippen molar-refractivity contribution >= 4 is 5.91 Å². The molecule has 0 spiro atoms. The van der Waals surface area contributed by atoms with Gasteiger partial charge in [0.25, 0.3) is 0 Å². The third-order valence-corrected chi connectivity index (χ3v) is 2.52. The highest BCUT2D eigenvalue weighted by Crippen LogP contribution is 2.25. The van der Waals surface area contributed by atoms with Crippen LogP contribution in [0, 0.1) is 11.3 Å². The quantitative estimate of drug-likeness (QED) is 0.655. The van der Waals surface area contributed by atoms with E-state index in [2.05, 4.69) is 27.4 Å². The predicted molar refractivity (Wildman–Crippen MR) is 70.5 cm³/mol. The summed E-state index contributed by atoms with van der Waals surface area (Å²) in [6.45, 7) is 11.0. The molecule has 1 unspecified atom stereocenters.